The first kappa shape index (κ1) is 16.9. The SMILES string of the molecule is N#Cc1c(NC(=O)C=Cc2ccc(Br)cc2)sc2c1CCCCC2. The van der Waals surface area contributed by atoms with E-state index in [9.17, 15) is 10.1 Å². The van der Waals surface area contributed by atoms with Crippen molar-refractivity contribution in [2.24, 2.45) is 0 Å². The molecule has 1 aromatic carbocycles. The molecule has 24 heavy (non-hydrogen) atoms. The van der Waals surface area contributed by atoms with Crippen molar-refractivity contribution in [2.45, 2.75) is 32.1 Å². The minimum absolute atomic E-state index is 0.203. The van der Waals surface area contributed by atoms with Crippen LogP contribution in [0.4, 0.5) is 5.00 Å². The number of anilines is 1. The maximum atomic E-state index is 12.2. The van der Waals surface area contributed by atoms with E-state index in [1.807, 2.05) is 24.3 Å². The molecule has 0 aliphatic heterocycles. The number of fused-ring (bicyclic) bond motifs is 1. The smallest absolute Gasteiger partial charge is 0.249 e. The molecule has 1 amide bonds. The number of carbonyl (C=O) groups is 1. The fraction of sp³-hybridized carbons (Fsp3) is 0.263. The van der Waals surface area contributed by atoms with Gasteiger partial charge in [-0.1, -0.05) is 34.5 Å². The highest BCUT2D eigenvalue weighted by Gasteiger charge is 2.20. The first-order valence-electron chi connectivity index (χ1n) is 7.96. The molecule has 1 aliphatic rings. The number of nitrogens with one attached hydrogen (secondary N) is 1. The Hall–Kier alpha value is -1.90. The summed E-state index contributed by atoms with van der Waals surface area (Å²) < 4.78 is 1.00. The summed E-state index contributed by atoms with van der Waals surface area (Å²) in [7, 11) is 0. The molecule has 5 heteroatoms. The number of hydrogen-bond donors (Lipinski definition) is 1. The Morgan fingerprint density at radius 2 is 1.96 bits per heavy atom. The molecule has 0 fully saturated rings. The molecule has 0 atom stereocenters. The van der Waals surface area contributed by atoms with Crippen LogP contribution in [0.1, 0.15) is 40.8 Å². The van der Waals surface area contributed by atoms with E-state index in [1.54, 1.807) is 17.4 Å². The number of hydrogen-bond acceptors (Lipinski definition) is 3. The number of thiophene rings is 1. The lowest BCUT2D eigenvalue weighted by Crippen LogP contribution is -2.07. The van der Waals surface area contributed by atoms with Crippen LogP contribution in [0.15, 0.2) is 34.8 Å². The summed E-state index contributed by atoms with van der Waals surface area (Å²) in [5, 5.41) is 13.1. The predicted octanol–water partition coefficient (Wildman–Crippen LogP) is 5.30. The molecule has 2 aromatic rings. The van der Waals surface area contributed by atoms with Crippen molar-refractivity contribution in [3.63, 3.8) is 0 Å². The molecule has 0 saturated carbocycles. The van der Waals surface area contributed by atoms with E-state index in [0.29, 0.717) is 10.6 Å². The molecule has 3 rings (SSSR count). The van der Waals surface area contributed by atoms with Crippen molar-refractivity contribution in [3.05, 3.63) is 56.4 Å². The van der Waals surface area contributed by atoms with E-state index in [4.69, 9.17) is 0 Å². The lowest BCUT2D eigenvalue weighted by Gasteiger charge is -2.01. The molecule has 1 N–H and O–H groups in total. The summed E-state index contributed by atoms with van der Waals surface area (Å²) in [4.78, 5) is 13.5. The van der Waals surface area contributed by atoms with E-state index in [0.717, 1.165) is 41.3 Å². The molecule has 0 saturated heterocycles. The maximum Gasteiger partial charge on any atom is 0.249 e. The molecule has 3 nitrogen and oxygen atoms in total. The van der Waals surface area contributed by atoms with Crippen molar-refractivity contribution < 1.29 is 4.79 Å². The molecule has 1 aliphatic carbocycles. The van der Waals surface area contributed by atoms with Gasteiger partial charge in [0.1, 0.15) is 11.1 Å². The Labute approximate surface area is 154 Å². The van der Waals surface area contributed by atoms with Gasteiger partial charge in [0.05, 0.1) is 5.56 Å². The summed E-state index contributed by atoms with van der Waals surface area (Å²) in [6.45, 7) is 0. The number of amides is 1. The van der Waals surface area contributed by atoms with Crippen LogP contribution in [0.25, 0.3) is 6.08 Å². The van der Waals surface area contributed by atoms with Gasteiger partial charge in [0.25, 0.3) is 0 Å². The zero-order chi connectivity index (χ0) is 16.9. The van der Waals surface area contributed by atoms with Crippen LogP contribution in [-0.4, -0.2) is 5.91 Å². The minimum atomic E-state index is -0.203. The molecular formula is C19H17BrN2OS. The van der Waals surface area contributed by atoms with E-state index >= 15 is 0 Å². The van der Waals surface area contributed by atoms with Crippen LogP contribution < -0.4 is 5.32 Å². The molecule has 0 unspecified atom stereocenters. The number of benzene rings is 1. The second kappa shape index (κ2) is 7.78. The molecule has 122 valence electrons. The first-order chi connectivity index (χ1) is 11.7. The van der Waals surface area contributed by atoms with Gasteiger partial charge in [-0.15, -0.1) is 11.3 Å². The minimum Gasteiger partial charge on any atom is -0.313 e. The number of nitrogens with zero attached hydrogens (tertiary/aromatic N) is 1. The highest BCUT2D eigenvalue weighted by Crippen LogP contribution is 2.36. The average molecular weight is 401 g/mol. The topological polar surface area (TPSA) is 52.9 Å². The van der Waals surface area contributed by atoms with Gasteiger partial charge < -0.3 is 5.32 Å². The average Bonchev–Trinajstić information content (AvgIpc) is 2.74. The Bertz CT molecular complexity index is 815. The van der Waals surface area contributed by atoms with Gasteiger partial charge in [0.2, 0.25) is 5.91 Å². The number of carbonyl (C=O) groups excluding carboxylic acids is 1. The Kier molecular flexibility index (Phi) is 5.49. The first-order valence-corrected chi connectivity index (χ1v) is 9.57. The van der Waals surface area contributed by atoms with Gasteiger partial charge in [-0.2, -0.15) is 5.26 Å². The van der Waals surface area contributed by atoms with Crippen molar-refractivity contribution in [3.8, 4) is 6.07 Å². The highest BCUT2D eigenvalue weighted by molar-refractivity contribution is 9.10. The van der Waals surface area contributed by atoms with Crippen molar-refractivity contribution >= 4 is 44.3 Å². The van der Waals surface area contributed by atoms with Crippen LogP contribution in [-0.2, 0) is 17.6 Å². The quantitative estimate of drug-likeness (QED) is 0.560. The molecule has 1 aromatic heterocycles. The summed E-state index contributed by atoms with van der Waals surface area (Å²) in [5.74, 6) is -0.203. The Morgan fingerprint density at radius 3 is 2.71 bits per heavy atom. The summed E-state index contributed by atoms with van der Waals surface area (Å²) in [6.07, 6.45) is 8.73. The third-order valence-electron chi connectivity index (χ3n) is 4.07. The van der Waals surface area contributed by atoms with Crippen molar-refractivity contribution in [2.75, 3.05) is 5.32 Å². The Balaban J connectivity index is 1.75. The second-order valence-corrected chi connectivity index (χ2v) is 7.78. The molecule has 1 heterocycles. The molecular weight excluding hydrogens is 384 g/mol. The van der Waals surface area contributed by atoms with Crippen LogP contribution in [0.5, 0.6) is 0 Å². The highest BCUT2D eigenvalue weighted by atomic mass is 79.9. The summed E-state index contributed by atoms with van der Waals surface area (Å²) in [5.41, 5.74) is 2.75. The van der Waals surface area contributed by atoms with Crippen LogP contribution >= 0.6 is 27.3 Å². The predicted molar refractivity (Wildman–Crippen MR) is 102 cm³/mol. The van der Waals surface area contributed by atoms with Crippen LogP contribution in [0.2, 0.25) is 0 Å². The second-order valence-electron chi connectivity index (χ2n) is 5.75. The Morgan fingerprint density at radius 1 is 1.21 bits per heavy atom. The van der Waals surface area contributed by atoms with Gasteiger partial charge in [-0.3, -0.25) is 4.79 Å². The lowest BCUT2D eigenvalue weighted by atomic mass is 10.1. The zero-order valence-corrected chi connectivity index (χ0v) is 15.5. The maximum absolute atomic E-state index is 12.2. The van der Waals surface area contributed by atoms with Gasteiger partial charge in [0.15, 0.2) is 0 Å². The van der Waals surface area contributed by atoms with E-state index < -0.39 is 0 Å². The number of rotatable bonds is 3. The third-order valence-corrected chi connectivity index (χ3v) is 5.80. The van der Waals surface area contributed by atoms with Gasteiger partial charge in [0, 0.05) is 15.4 Å². The summed E-state index contributed by atoms with van der Waals surface area (Å²) in [6, 6.07) is 10.0. The third kappa shape index (κ3) is 3.95. The molecule has 0 spiro atoms. The standard InChI is InChI=1S/C19H17BrN2OS/c20-14-9-6-13(7-10-14)8-11-18(23)22-19-16(12-21)15-4-2-1-3-5-17(15)24-19/h6-11H,1-5H2,(H,22,23). The monoisotopic (exact) mass is 400 g/mol. The van der Waals surface area contributed by atoms with Gasteiger partial charge >= 0.3 is 0 Å². The van der Waals surface area contributed by atoms with Crippen molar-refractivity contribution in [1.82, 2.24) is 0 Å². The summed E-state index contributed by atoms with van der Waals surface area (Å²) >= 11 is 4.94. The fourth-order valence-corrected chi connectivity index (χ4v) is 4.36. The number of nitriles is 1. The molecule has 0 bridgehead atoms. The normalized spacial score (nSPS) is 14.0. The largest absolute Gasteiger partial charge is 0.313 e. The van der Waals surface area contributed by atoms with Gasteiger partial charge in [-0.25, -0.2) is 0 Å². The lowest BCUT2D eigenvalue weighted by molar-refractivity contribution is -0.111. The van der Waals surface area contributed by atoms with E-state index in [-0.39, 0.29) is 5.91 Å². The van der Waals surface area contributed by atoms with Crippen LogP contribution in [0, 0.1) is 11.3 Å². The zero-order valence-electron chi connectivity index (χ0n) is 13.1. The molecule has 0 radical (unpaired) electrons. The van der Waals surface area contributed by atoms with Crippen molar-refractivity contribution in [1.29, 1.82) is 5.26 Å². The fourth-order valence-electron chi connectivity index (χ4n) is 2.85. The van der Waals surface area contributed by atoms with E-state index in [2.05, 4.69) is 27.3 Å². The number of halogens is 1. The van der Waals surface area contributed by atoms with Gasteiger partial charge in [-0.05, 0) is 55.0 Å². The van der Waals surface area contributed by atoms with E-state index in [1.165, 1.54) is 17.4 Å². The number of aryl methyl sites for hydroxylation is 1. The van der Waals surface area contributed by atoms with Crippen LogP contribution in [0.3, 0.4) is 0 Å².